The molecule has 0 atom stereocenters. The monoisotopic (exact) mass is 399 g/mol. The number of nitrogens with one attached hydrogen (secondary N) is 2. The fraction of sp³-hybridized carbons (Fsp3) is 0.286. The number of carbonyl (C=O) groups is 1. The van der Waals surface area contributed by atoms with E-state index < -0.39 is 10.0 Å². The summed E-state index contributed by atoms with van der Waals surface area (Å²) in [5.41, 5.74) is 2.88. The maximum absolute atomic E-state index is 12.4. The first kappa shape index (κ1) is 20.1. The van der Waals surface area contributed by atoms with Gasteiger partial charge in [-0.15, -0.1) is 0 Å². The van der Waals surface area contributed by atoms with E-state index in [2.05, 4.69) is 16.4 Å². The highest BCUT2D eigenvalue weighted by Gasteiger charge is 2.20. The van der Waals surface area contributed by atoms with Crippen molar-refractivity contribution >= 4 is 26.8 Å². The number of aryl methyl sites for hydroxylation is 1. The number of nitrogens with zero attached hydrogens (tertiary/aromatic N) is 1. The number of carbonyl (C=O) groups excluding carboxylic acids is 1. The van der Waals surface area contributed by atoms with Crippen molar-refractivity contribution in [2.75, 3.05) is 14.1 Å². The van der Waals surface area contributed by atoms with E-state index in [0.717, 1.165) is 18.4 Å². The average molecular weight is 400 g/mol. The summed E-state index contributed by atoms with van der Waals surface area (Å²) in [5.74, 6) is -0.0862. The van der Waals surface area contributed by atoms with Gasteiger partial charge in [0.2, 0.25) is 15.9 Å². The van der Waals surface area contributed by atoms with Crippen LogP contribution in [0, 0.1) is 0 Å². The van der Waals surface area contributed by atoms with Crippen LogP contribution in [0.2, 0.25) is 0 Å². The van der Waals surface area contributed by atoms with Gasteiger partial charge >= 0.3 is 0 Å². The van der Waals surface area contributed by atoms with Crippen LogP contribution in [0.4, 0.5) is 0 Å². The van der Waals surface area contributed by atoms with E-state index in [0.29, 0.717) is 12.0 Å². The molecule has 0 spiro atoms. The minimum atomic E-state index is -3.54. The van der Waals surface area contributed by atoms with Crippen molar-refractivity contribution in [3.8, 4) is 0 Å². The Hall–Kier alpha value is -2.64. The summed E-state index contributed by atoms with van der Waals surface area (Å²) in [5, 5.41) is 4.02. The van der Waals surface area contributed by atoms with Crippen molar-refractivity contribution < 1.29 is 13.2 Å². The number of hydrogen-bond donors (Lipinski definition) is 2. The number of sulfonamides is 1. The molecule has 0 saturated heterocycles. The molecule has 0 saturated carbocycles. The van der Waals surface area contributed by atoms with Crippen LogP contribution in [-0.4, -0.2) is 37.7 Å². The lowest BCUT2D eigenvalue weighted by molar-refractivity contribution is -0.121. The predicted octanol–water partition coefficient (Wildman–Crippen LogP) is 3.06. The molecule has 1 heterocycles. The average Bonchev–Trinajstić information content (AvgIpc) is 3.10. The first-order valence-electron chi connectivity index (χ1n) is 9.21. The largest absolute Gasteiger partial charge is 0.361 e. The van der Waals surface area contributed by atoms with Crippen molar-refractivity contribution in [2.45, 2.75) is 30.7 Å². The highest BCUT2D eigenvalue weighted by molar-refractivity contribution is 7.89. The number of rotatable bonds is 8. The van der Waals surface area contributed by atoms with Gasteiger partial charge in [0.25, 0.3) is 0 Å². The second-order valence-electron chi connectivity index (χ2n) is 6.88. The number of aromatic amines is 1. The topological polar surface area (TPSA) is 82.3 Å². The Morgan fingerprint density at radius 1 is 1.04 bits per heavy atom. The van der Waals surface area contributed by atoms with Gasteiger partial charge in [-0.3, -0.25) is 4.79 Å². The minimum absolute atomic E-state index is 0.0862. The molecule has 0 aliphatic carbocycles. The normalized spacial score (nSPS) is 11.8. The quantitative estimate of drug-likeness (QED) is 0.611. The number of aromatic nitrogens is 1. The standard InChI is InChI=1S/C21H25N3O3S/c1-24(2)28(26,27)20-12-6-3-8-17(20)15-23-21(25)13-7-9-16-14-22-19-11-5-4-10-18(16)19/h3-6,8,10-12,14,22H,7,9,13,15H2,1-2H3,(H,23,25). The SMILES string of the molecule is CN(C)S(=O)(=O)c1ccccc1CNC(=O)CCCc1c[nH]c2ccccc12. The molecule has 0 aliphatic rings. The zero-order valence-electron chi connectivity index (χ0n) is 16.1. The fourth-order valence-electron chi connectivity index (χ4n) is 3.16. The van der Waals surface area contributed by atoms with E-state index >= 15 is 0 Å². The van der Waals surface area contributed by atoms with E-state index in [9.17, 15) is 13.2 Å². The van der Waals surface area contributed by atoms with Crippen LogP contribution in [0.3, 0.4) is 0 Å². The molecule has 7 heteroatoms. The summed E-state index contributed by atoms with van der Waals surface area (Å²) < 4.78 is 26.0. The van der Waals surface area contributed by atoms with Gasteiger partial charge in [-0.05, 0) is 36.1 Å². The molecule has 1 aromatic heterocycles. The fourth-order valence-corrected chi connectivity index (χ4v) is 4.27. The zero-order valence-corrected chi connectivity index (χ0v) is 16.9. The lowest BCUT2D eigenvalue weighted by atomic mass is 10.1. The number of amides is 1. The van der Waals surface area contributed by atoms with Crippen LogP contribution < -0.4 is 5.32 Å². The van der Waals surface area contributed by atoms with E-state index in [1.807, 2.05) is 24.4 Å². The van der Waals surface area contributed by atoms with Crippen molar-refractivity contribution in [3.05, 3.63) is 65.9 Å². The van der Waals surface area contributed by atoms with Crippen LogP contribution in [-0.2, 0) is 27.8 Å². The van der Waals surface area contributed by atoms with Gasteiger partial charge in [-0.25, -0.2) is 12.7 Å². The zero-order chi connectivity index (χ0) is 20.1. The third-order valence-electron chi connectivity index (χ3n) is 4.73. The van der Waals surface area contributed by atoms with Gasteiger partial charge in [-0.1, -0.05) is 36.4 Å². The summed E-state index contributed by atoms with van der Waals surface area (Å²) >= 11 is 0. The molecule has 0 unspecified atom stereocenters. The molecule has 3 rings (SSSR count). The van der Waals surface area contributed by atoms with Gasteiger partial charge in [0.1, 0.15) is 0 Å². The second kappa shape index (κ2) is 8.58. The maximum Gasteiger partial charge on any atom is 0.242 e. The molecular weight excluding hydrogens is 374 g/mol. The number of benzene rings is 2. The summed E-state index contributed by atoms with van der Waals surface area (Å²) in [4.78, 5) is 15.7. The van der Waals surface area contributed by atoms with E-state index in [4.69, 9.17) is 0 Å². The predicted molar refractivity (Wildman–Crippen MR) is 110 cm³/mol. The third kappa shape index (κ3) is 4.43. The van der Waals surface area contributed by atoms with Crippen molar-refractivity contribution in [3.63, 3.8) is 0 Å². The first-order valence-corrected chi connectivity index (χ1v) is 10.7. The summed E-state index contributed by atoms with van der Waals surface area (Å²) in [6.07, 6.45) is 3.92. The highest BCUT2D eigenvalue weighted by atomic mass is 32.2. The molecule has 0 radical (unpaired) electrons. The molecule has 0 bridgehead atoms. The molecule has 28 heavy (non-hydrogen) atoms. The smallest absolute Gasteiger partial charge is 0.242 e. The Balaban J connectivity index is 1.55. The van der Waals surface area contributed by atoms with Crippen LogP contribution >= 0.6 is 0 Å². The van der Waals surface area contributed by atoms with Gasteiger partial charge in [0.05, 0.1) is 4.90 Å². The third-order valence-corrected chi connectivity index (χ3v) is 6.65. The molecule has 148 valence electrons. The first-order chi connectivity index (χ1) is 13.4. The maximum atomic E-state index is 12.4. The van der Waals surface area contributed by atoms with Crippen LogP contribution in [0.25, 0.3) is 10.9 Å². The van der Waals surface area contributed by atoms with Crippen molar-refractivity contribution in [2.24, 2.45) is 0 Å². The van der Waals surface area contributed by atoms with Crippen LogP contribution in [0.1, 0.15) is 24.0 Å². The van der Waals surface area contributed by atoms with Gasteiger partial charge < -0.3 is 10.3 Å². The number of fused-ring (bicyclic) bond motifs is 1. The van der Waals surface area contributed by atoms with Gasteiger partial charge in [-0.2, -0.15) is 0 Å². The molecule has 0 aliphatic heterocycles. The number of para-hydroxylation sites is 1. The summed E-state index contributed by atoms with van der Waals surface area (Å²) in [6.45, 7) is 0.190. The van der Waals surface area contributed by atoms with Gasteiger partial charge in [0, 0.05) is 44.2 Å². The highest BCUT2D eigenvalue weighted by Crippen LogP contribution is 2.20. The Morgan fingerprint density at radius 3 is 2.54 bits per heavy atom. The molecule has 2 aromatic carbocycles. The Bertz CT molecular complexity index is 1070. The Labute approximate surface area is 165 Å². The molecule has 6 nitrogen and oxygen atoms in total. The van der Waals surface area contributed by atoms with Crippen LogP contribution in [0.5, 0.6) is 0 Å². The molecule has 2 N–H and O–H groups in total. The Kier molecular flexibility index (Phi) is 6.16. The Morgan fingerprint density at radius 2 is 1.75 bits per heavy atom. The lowest BCUT2D eigenvalue weighted by Gasteiger charge is -2.15. The molecule has 0 fully saturated rings. The van der Waals surface area contributed by atoms with Gasteiger partial charge in [0.15, 0.2) is 0 Å². The molecular formula is C21H25N3O3S. The molecule has 3 aromatic rings. The van der Waals surface area contributed by atoms with Crippen LogP contribution in [0.15, 0.2) is 59.6 Å². The summed E-state index contributed by atoms with van der Waals surface area (Å²) in [6, 6.07) is 14.8. The second-order valence-corrected chi connectivity index (χ2v) is 9.01. The number of hydrogen-bond acceptors (Lipinski definition) is 3. The lowest BCUT2D eigenvalue weighted by Crippen LogP contribution is -2.27. The number of H-pyrrole nitrogens is 1. The van der Waals surface area contributed by atoms with Crippen molar-refractivity contribution in [1.29, 1.82) is 0 Å². The minimum Gasteiger partial charge on any atom is -0.361 e. The van der Waals surface area contributed by atoms with E-state index in [-0.39, 0.29) is 17.3 Å². The van der Waals surface area contributed by atoms with E-state index in [1.165, 1.54) is 29.4 Å². The van der Waals surface area contributed by atoms with Crippen molar-refractivity contribution in [1.82, 2.24) is 14.6 Å². The molecule has 1 amide bonds. The summed E-state index contributed by atoms with van der Waals surface area (Å²) in [7, 11) is -0.553. The van der Waals surface area contributed by atoms with E-state index in [1.54, 1.807) is 24.3 Å².